The third kappa shape index (κ3) is 7.13. The monoisotopic (exact) mass is 602 g/mol. The predicted octanol–water partition coefficient (Wildman–Crippen LogP) is 6.35. The number of nitrogens with one attached hydrogen (secondary N) is 3. The standard InChI is InChI=1S/C31H25F3N6O4/c1-19(41)25(18-20-8-3-2-4-9-20)36-29(42)23-10-7-17-40-27(38-39-28(23)40)21-13-15-22(16-14-21)35-30(43)37-24-11-5-6-12-26(24)44-31(32,33)34/h2-17,25,41H,1,18H2,(H,36,42)(H2,35,37,43)/t25-/m0/s1. The molecule has 3 aromatic carbocycles. The Hall–Kier alpha value is -5.85. The van der Waals surface area contributed by atoms with E-state index in [1.807, 2.05) is 30.3 Å². The molecule has 0 aliphatic heterocycles. The summed E-state index contributed by atoms with van der Waals surface area (Å²) in [4.78, 5) is 25.7. The number of alkyl halides is 3. The Bertz CT molecular complexity index is 1810. The fourth-order valence-corrected chi connectivity index (χ4v) is 4.40. The molecule has 0 saturated heterocycles. The van der Waals surface area contributed by atoms with Crippen molar-refractivity contribution in [3.05, 3.63) is 121 Å². The number of anilines is 2. The van der Waals surface area contributed by atoms with Gasteiger partial charge in [-0.25, -0.2) is 4.79 Å². The highest BCUT2D eigenvalue weighted by Crippen LogP contribution is 2.30. The van der Waals surface area contributed by atoms with Crippen LogP contribution in [0.3, 0.4) is 0 Å². The Balaban J connectivity index is 1.29. The normalized spacial score (nSPS) is 11.9. The number of aliphatic hydroxyl groups excluding tert-OH is 1. The summed E-state index contributed by atoms with van der Waals surface area (Å²) in [6.45, 7) is 3.60. The van der Waals surface area contributed by atoms with Gasteiger partial charge in [0.2, 0.25) is 0 Å². The summed E-state index contributed by atoms with van der Waals surface area (Å²) < 4.78 is 43.6. The first kappa shape index (κ1) is 29.6. The summed E-state index contributed by atoms with van der Waals surface area (Å²) in [6, 6.07) is 22.7. The third-order valence-electron chi connectivity index (χ3n) is 6.43. The van der Waals surface area contributed by atoms with Crippen LogP contribution in [-0.2, 0) is 6.42 Å². The minimum Gasteiger partial charge on any atom is -0.511 e. The lowest BCUT2D eigenvalue weighted by Crippen LogP contribution is -2.38. The van der Waals surface area contributed by atoms with Gasteiger partial charge in [0.15, 0.2) is 17.2 Å². The molecule has 0 radical (unpaired) electrons. The quantitative estimate of drug-likeness (QED) is 0.146. The van der Waals surface area contributed by atoms with E-state index in [2.05, 4.69) is 37.5 Å². The summed E-state index contributed by atoms with van der Waals surface area (Å²) in [6.07, 6.45) is -2.89. The van der Waals surface area contributed by atoms with Crippen LogP contribution in [0.4, 0.5) is 29.3 Å². The molecule has 0 unspecified atom stereocenters. The summed E-state index contributed by atoms with van der Waals surface area (Å²) in [5.74, 6) is -0.794. The van der Waals surface area contributed by atoms with Crippen molar-refractivity contribution >= 4 is 29.0 Å². The van der Waals surface area contributed by atoms with Crippen molar-refractivity contribution in [2.24, 2.45) is 0 Å². The molecule has 10 nitrogen and oxygen atoms in total. The molecule has 0 spiro atoms. The number of halogens is 3. The van der Waals surface area contributed by atoms with E-state index >= 15 is 0 Å². The number of hydrogen-bond donors (Lipinski definition) is 4. The van der Waals surface area contributed by atoms with E-state index in [4.69, 9.17) is 0 Å². The number of pyridine rings is 1. The average Bonchev–Trinajstić information content (AvgIpc) is 3.42. The molecule has 3 amide bonds. The molecule has 5 rings (SSSR count). The van der Waals surface area contributed by atoms with E-state index in [1.165, 1.54) is 18.2 Å². The summed E-state index contributed by atoms with van der Waals surface area (Å²) in [7, 11) is 0. The van der Waals surface area contributed by atoms with Crippen molar-refractivity contribution in [3.8, 4) is 17.1 Å². The largest absolute Gasteiger partial charge is 0.573 e. The number of fused-ring (bicyclic) bond motifs is 1. The number of aromatic nitrogens is 3. The van der Waals surface area contributed by atoms with Crippen LogP contribution < -0.4 is 20.7 Å². The number of rotatable bonds is 9. The molecule has 0 aliphatic carbocycles. The zero-order valence-corrected chi connectivity index (χ0v) is 22.9. The molecule has 0 bridgehead atoms. The highest BCUT2D eigenvalue weighted by molar-refractivity contribution is 6.01. The zero-order valence-electron chi connectivity index (χ0n) is 22.9. The second-order valence-electron chi connectivity index (χ2n) is 9.55. The maximum absolute atomic E-state index is 13.2. The number of benzene rings is 3. The number of urea groups is 1. The minimum absolute atomic E-state index is 0.164. The van der Waals surface area contributed by atoms with Crippen LogP contribution in [0.15, 0.2) is 110 Å². The fourth-order valence-electron chi connectivity index (χ4n) is 4.40. The molecule has 1 atom stereocenters. The van der Waals surface area contributed by atoms with Gasteiger partial charge in [-0.2, -0.15) is 0 Å². The Labute approximate surface area is 248 Å². The van der Waals surface area contributed by atoms with Gasteiger partial charge < -0.3 is 25.8 Å². The van der Waals surface area contributed by atoms with Crippen molar-refractivity contribution in [2.45, 2.75) is 18.8 Å². The number of ether oxygens (including phenoxy) is 1. The second kappa shape index (κ2) is 12.6. The molecule has 5 aromatic rings. The molecular formula is C31H25F3N6O4. The number of aliphatic hydroxyl groups is 1. The van der Waals surface area contributed by atoms with Crippen molar-refractivity contribution in [1.29, 1.82) is 0 Å². The van der Waals surface area contributed by atoms with Crippen LogP contribution in [0, 0.1) is 0 Å². The van der Waals surface area contributed by atoms with Crippen LogP contribution in [0.25, 0.3) is 17.0 Å². The van der Waals surface area contributed by atoms with Crippen LogP contribution in [0.2, 0.25) is 0 Å². The Kier molecular flexibility index (Phi) is 8.47. The SMILES string of the molecule is C=C(O)[C@H](Cc1ccccc1)NC(=O)c1cccn2c(-c3ccc(NC(=O)Nc4ccccc4OC(F)(F)F)cc3)nnc12. The van der Waals surface area contributed by atoms with Gasteiger partial charge in [0.25, 0.3) is 5.91 Å². The Morgan fingerprint density at radius 3 is 2.32 bits per heavy atom. The minimum atomic E-state index is -4.92. The molecule has 0 fully saturated rings. The van der Waals surface area contributed by atoms with Crippen LogP contribution in [0.5, 0.6) is 5.75 Å². The van der Waals surface area contributed by atoms with Gasteiger partial charge in [-0.05, 0) is 60.5 Å². The molecule has 2 heterocycles. The molecule has 2 aromatic heterocycles. The van der Waals surface area contributed by atoms with Gasteiger partial charge in [0, 0.05) is 17.4 Å². The molecular weight excluding hydrogens is 577 g/mol. The maximum atomic E-state index is 13.2. The van der Waals surface area contributed by atoms with Gasteiger partial charge in [-0.1, -0.05) is 49.0 Å². The molecule has 4 N–H and O–H groups in total. The molecule has 0 aliphatic rings. The highest BCUT2D eigenvalue weighted by Gasteiger charge is 2.32. The van der Waals surface area contributed by atoms with E-state index in [0.717, 1.165) is 11.6 Å². The van der Waals surface area contributed by atoms with Gasteiger partial charge in [-0.3, -0.25) is 9.20 Å². The number of carbonyl (C=O) groups is 2. The number of hydrogen-bond acceptors (Lipinski definition) is 6. The average molecular weight is 603 g/mol. The van der Waals surface area contributed by atoms with Gasteiger partial charge in [0.05, 0.1) is 17.3 Å². The van der Waals surface area contributed by atoms with Gasteiger partial charge in [0.1, 0.15) is 5.76 Å². The lowest BCUT2D eigenvalue weighted by atomic mass is 10.0. The molecule has 0 saturated carbocycles. The number of carbonyl (C=O) groups excluding carboxylic acids is 2. The maximum Gasteiger partial charge on any atom is 0.573 e. The van der Waals surface area contributed by atoms with Crippen LogP contribution in [-0.4, -0.2) is 44.0 Å². The predicted molar refractivity (Wildman–Crippen MR) is 157 cm³/mol. The fraction of sp³-hybridized carbons (Fsp3) is 0.0968. The smallest absolute Gasteiger partial charge is 0.511 e. The van der Waals surface area contributed by atoms with Crippen molar-refractivity contribution < 1.29 is 32.6 Å². The van der Waals surface area contributed by atoms with Crippen molar-refractivity contribution in [3.63, 3.8) is 0 Å². The number of nitrogens with zero attached hydrogens (tertiary/aromatic N) is 3. The van der Waals surface area contributed by atoms with Gasteiger partial charge in [-0.15, -0.1) is 23.4 Å². The second-order valence-corrected chi connectivity index (χ2v) is 9.55. The van der Waals surface area contributed by atoms with E-state index in [1.54, 1.807) is 47.0 Å². The van der Waals surface area contributed by atoms with E-state index < -0.39 is 30.1 Å². The topological polar surface area (TPSA) is 130 Å². The zero-order chi connectivity index (χ0) is 31.3. The summed E-state index contributed by atoms with van der Waals surface area (Å²) >= 11 is 0. The number of para-hydroxylation sites is 2. The van der Waals surface area contributed by atoms with Crippen LogP contribution >= 0.6 is 0 Å². The first-order valence-electron chi connectivity index (χ1n) is 13.2. The molecule has 13 heteroatoms. The summed E-state index contributed by atoms with van der Waals surface area (Å²) in [5.41, 5.74) is 2.22. The first-order chi connectivity index (χ1) is 21.1. The van der Waals surface area contributed by atoms with E-state index in [0.29, 0.717) is 23.5 Å². The van der Waals surface area contributed by atoms with E-state index in [-0.39, 0.29) is 22.7 Å². The highest BCUT2D eigenvalue weighted by atomic mass is 19.4. The van der Waals surface area contributed by atoms with Gasteiger partial charge >= 0.3 is 12.4 Å². The first-order valence-corrected chi connectivity index (χ1v) is 13.2. The lowest BCUT2D eigenvalue weighted by Gasteiger charge is -2.18. The molecule has 224 valence electrons. The lowest BCUT2D eigenvalue weighted by molar-refractivity contribution is -0.274. The third-order valence-corrected chi connectivity index (χ3v) is 6.43. The van der Waals surface area contributed by atoms with Crippen molar-refractivity contribution in [2.75, 3.05) is 10.6 Å². The summed E-state index contributed by atoms with van der Waals surface area (Å²) in [5, 5.41) is 26.2. The van der Waals surface area contributed by atoms with Crippen LogP contribution in [0.1, 0.15) is 15.9 Å². The van der Waals surface area contributed by atoms with E-state index in [9.17, 15) is 27.9 Å². The Morgan fingerprint density at radius 1 is 0.909 bits per heavy atom. The molecule has 44 heavy (non-hydrogen) atoms. The Morgan fingerprint density at radius 2 is 1.61 bits per heavy atom. The number of amides is 3. The van der Waals surface area contributed by atoms with Crippen molar-refractivity contribution in [1.82, 2.24) is 19.9 Å².